The second-order valence-corrected chi connectivity index (χ2v) is 3.82. The average Bonchev–Trinajstić information content (AvgIpc) is 2.42. The molecule has 0 aliphatic rings. The van der Waals surface area contributed by atoms with Crippen LogP contribution in [-0.4, -0.2) is 16.4 Å². The monoisotopic (exact) mass is 246 g/mol. The van der Waals surface area contributed by atoms with Gasteiger partial charge in [0.2, 0.25) is 0 Å². The molecule has 13 heavy (non-hydrogen) atoms. The van der Waals surface area contributed by atoms with E-state index in [-0.39, 0.29) is 0 Å². The van der Waals surface area contributed by atoms with Crippen molar-refractivity contribution in [1.29, 1.82) is 0 Å². The number of unbranched alkanes of at least 4 members (excludes halogenated alkanes) is 1. The van der Waals surface area contributed by atoms with Crippen LogP contribution in [0.1, 0.15) is 25.5 Å². The highest BCUT2D eigenvalue weighted by molar-refractivity contribution is 9.10. The van der Waals surface area contributed by atoms with Crippen LogP contribution in [0.4, 0.5) is 0 Å². The lowest BCUT2D eigenvalue weighted by molar-refractivity contribution is 0.112. The Morgan fingerprint density at radius 1 is 1.62 bits per heavy atom. The molecule has 4 heteroatoms. The molecular weight excluding hydrogens is 232 g/mol. The number of nitrogens with zero attached hydrogens (tertiary/aromatic N) is 2. The molecule has 0 atom stereocenters. The zero-order valence-electron chi connectivity index (χ0n) is 8.09. The molecule has 1 aromatic rings. The predicted octanol–water partition coefficient (Wildman–Crippen LogP) is 2.50. The van der Waals surface area contributed by atoms with Crippen LogP contribution in [-0.2, 0) is 18.4 Å². The first kappa shape index (κ1) is 10.7. The summed E-state index contributed by atoms with van der Waals surface area (Å²) >= 11 is 3.42. The van der Waals surface area contributed by atoms with Crippen molar-refractivity contribution in [1.82, 2.24) is 9.78 Å². The van der Waals surface area contributed by atoms with Gasteiger partial charge in [0.1, 0.15) is 0 Å². The van der Waals surface area contributed by atoms with E-state index in [4.69, 9.17) is 4.74 Å². The summed E-state index contributed by atoms with van der Waals surface area (Å²) in [6, 6.07) is 0. The molecule has 3 nitrogen and oxygen atoms in total. The van der Waals surface area contributed by atoms with Gasteiger partial charge in [0, 0.05) is 13.7 Å². The summed E-state index contributed by atoms with van der Waals surface area (Å²) in [5.41, 5.74) is 1.09. The number of hydrogen-bond donors (Lipinski definition) is 0. The van der Waals surface area contributed by atoms with Gasteiger partial charge in [0.05, 0.1) is 23.0 Å². The number of aryl methyl sites for hydroxylation is 1. The summed E-state index contributed by atoms with van der Waals surface area (Å²) < 4.78 is 8.34. The second kappa shape index (κ2) is 5.40. The van der Waals surface area contributed by atoms with E-state index in [2.05, 4.69) is 28.0 Å². The molecule has 0 N–H and O–H groups in total. The van der Waals surface area contributed by atoms with Gasteiger partial charge in [0.15, 0.2) is 0 Å². The van der Waals surface area contributed by atoms with Crippen LogP contribution in [0, 0.1) is 0 Å². The molecule has 0 fully saturated rings. The van der Waals surface area contributed by atoms with Crippen LogP contribution >= 0.6 is 15.9 Å². The zero-order valence-corrected chi connectivity index (χ0v) is 9.67. The summed E-state index contributed by atoms with van der Waals surface area (Å²) in [7, 11) is 1.92. The van der Waals surface area contributed by atoms with Crippen molar-refractivity contribution in [3.63, 3.8) is 0 Å². The second-order valence-electron chi connectivity index (χ2n) is 2.97. The summed E-state index contributed by atoms with van der Waals surface area (Å²) in [6.45, 7) is 3.62. The molecule has 1 heterocycles. The lowest BCUT2D eigenvalue weighted by Gasteiger charge is -2.04. The molecule has 0 spiro atoms. The SMILES string of the molecule is CCCCOCc1c(Br)cnn1C. The van der Waals surface area contributed by atoms with Gasteiger partial charge in [-0.2, -0.15) is 5.10 Å². The first-order valence-electron chi connectivity index (χ1n) is 4.49. The normalized spacial score (nSPS) is 10.7. The largest absolute Gasteiger partial charge is 0.375 e. The standard InChI is InChI=1S/C9H15BrN2O/c1-3-4-5-13-7-9-8(10)6-11-12(9)2/h6H,3-5,7H2,1-2H3. The van der Waals surface area contributed by atoms with E-state index in [1.165, 1.54) is 6.42 Å². The van der Waals surface area contributed by atoms with Gasteiger partial charge in [-0.3, -0.25) is 4.68 Å². The van der Waals surface area contributed by atoms with E-state index >= 15 is 0 Å². The fourth-order valence-electron chi connectivity index (χ4n) is 1.01. The first-order chi connectivity index (χ1) is 6.25. The summed E-state index contributed by atoms with van der Waals surface area (Å²) in [5.74, 6) is 0. The van der Waals surface area contributed by atoms with Crippen molar-refractivity contribution in [2.75, 3.05) is 6.61 Å². The molecule has 0 saturated heterocycles. The summed E-state index contributed by atoms with van der Waals surface area (Å²) in [6.07, 6.45) is 4.08. The van der Waals surface area contributed by atoms with Crippen LogP contribution in [0.2, 0.25) is 0 Å². The van der Waals surface area contributed by atoms with Crippen LogP contribution in [0.3, 0.4) is 0 Å². The predicted molar refractivity (Wildman–Crippen MR) is 55.5 cm³/mol. The lowest BCUT2D eigenvalue weighted by Crippen LogP contribution is -2.02. The minimum Gasteiger partial charge on any atom is -0.375 e. The maximum atomic E-state index is 5.49. The summed E-state index contributed by atoms with van der Waals surface area (Å²) in [4.78, 5) is 0. The molecule has 0 radical (unpaired) electrons. The molecule has 0 aromatic carbocycles. The van der Waals surface area contributed by atoms with Crippen LogP contribution < -0.4 is 0 Å². The molecule has 0 unspecified atom stereocenters. The highest BCUT2D eigenvalue weighted by Crippen LogP contribution is 2.15. The Labute approximate surface area is 87.2 Å². The van der Waals surface area contributed by atoms with Crippen molar-refractivity contribution in [3.05, 3.63) is 16.4 Å². The third-order valence-corrected chi connectivity index (χ3v) is 2.55. The Hall–Kier alpha value is -0.350. The Kier molecular flexibility index (Phi) is 4.45. The molecule has 0 amide bonds. The van der Waals surface area contributed by atoms with Gasteiger partial charge >= 0.3 is 0 Å². The smallest absolute Gasteiger partial charge is 0.0896 e. The van der Waals surface area contributed by atoms with Crippen molar-refractivity contribution in [3.8, 4) is 0 Å². The topological polar surface area (TPSA) is 27.1 Å². The molecule has 0 aliphatic heterocycles. The van der Waals surface area contributed by atoms with Gasteiger partial charge in [-0.1, -0.05) is 13.3 Å². The minimum atomic E-state index is 0.636. The van der Waals surface area contributed by atoms with Gasteiger partial charge in [-0.05, 0) is 22.4 Å². The number of aromatic nitrogens is 2. The molecule has 1 aromatic heterocycles. The average molecular weight is 247 g/mol. The summed E-state index contributed by atoms with van der Waals surface area (Å²) in [5, 5.41) is 4.10. The highest BCUT2D eigenvalue weighted by Gasteiger charge is 2.04. The molecule has 0 aliphatic carbocycles. The van der Waals surface area contributed by atoms with Crippen molar-refractivity contribution >= 4 is 15.9 Å². The molecular formula is C9H15BrN2O. The Morgan fingerprint density at radius 3 is 2.92 bits per heavy atom. The van der Waals surface area contributed by atoms with Gasteiger partial charge in [0.25, 0.3) is 0 Å². The van der Waals surface area contributed by atoms with E-state index in [9.17, 15) is 0 Å². The third-order valence-electron chi connectivity index (χ3n) is 1.89. The lowest BCUT2D eigenvalue weighted by atomic mass is 10.4. The zero-order chi connectivity index (χ0) is 9.68. The highest BCUT2D eigenvalue weighted by atomic mass is 79.9. The first-order valence-corrected chi connectivity index (χ1v) is 5.29. The van der Waals surface area contributed by atoms with Crippen molar-refractivity contribution in [2.24, 2.45) is 7.05 Å². The van der Waals surface area contributed by atoms with Gasteiger partial charge < -0.3 is 4.74 Å². The quantitative estimate of drug-likeness (QED) is 0.747. The third kappa shape index (κ3) is 3.12. The van der Waals surface area contributed by atoms with E-state index in [0.717, 1.165) is 23.2 Å². The van der Waals surface area contributed by atoms with E-state index < -0.39 is 0 Å². The number of ether oxygens (including phenoxy) is 1. The van der Waals surface area contributed by atoms with Crippen LogP contribution in [0.15, 0.2) is 10.7 Å². The number of hydrogen-bond acceptors (Lipinski definition) is 2. The van der Waals surface area contributed by atoms with Gasteiger partial charge in [-0.15, -0.1) is 0 Å². The van der Waals surface area contributed by atoms with E-state index in [1.54, 1.807) is 6.20 Å². The Balaban J connectivity index is 2.36. The van der Waals surface area contributed by atoms with Crippen molar-refractivity contribution in [2.45, 2.75) is 26.4 Å². The van der Waals surface area contributed by atoms with E-state index in [0.29, 0.717) is 6.61 Å². The fraction of sp³-hybridized carbons (Fsp3) is 0.667. The maximum Gasteiger partial charge on any atom is 0.0896 e. The van der Waals surface area contributed by atoms with Gasteiger partial charge in [-0.25, -0.2) is 0 Å². The minimum absolute atomic E-state index is 0.636. The molecule has 0 bridgehead atoms. The molecule has 0 saturated carbocycles. The molecule has 1 rings (SSSR count). The Bertz CT molecular complexity index is 241. The number of halogens is 1. The maximum absolute atomic E-state index is 5.49. The van der Waals surface area contributed by atoms with Crippen LogP contribution in [0.25, 0.3) is 0 Å². The molecule has 74 valence electrons. The number of rotatable bonds is 5. The fourth-order valence-corrected chi connectivity index (χ4v) is 1.48. The van der Waals surface area contributed by atoms with E-state index in [1.807, 2.05) is 11.7 Å². The Morgan fingerprint density at radius 2 is 2.38 bits per heavy atom. The van der Waals surface area contributed by atoms with Crippen LogP contribution in [0.5, 0.6) is 0 Å². The van der Waals surface area contributed by atoms with Crippen molar-refractivity contribution < 1.29 is 4.74 Å².